The van der Waals surface area contributed by atoms with E-state index in [9.17, 15) is 27.6 Å². The molecule has 14 heteroatoms. The molecule has 0 atom stereocenters. The number of sulfone groups is 1. The van der Waals surface area contributed by atoms with Crippen LogP contribution in [0.4, 0.5) is 32.3 Å². The highest BCUT2D eigenvalue weighted by molar-refractivity contribution is 7.99. The molecular weight excluding hydrogens is 769 g/mol. The molecule has 0 fully saturated rings. The van der Waals surface area contributed by atoms with Gasteiger partial charge in [0, 0.05) is 9.79 Å². The fraction of sp³-hybridized carbons (Fsp3) is 0.349. The molecule has 0 saturated carbocycles. The van der Waals surface area contributed by atoms with E-state index in [0.29, 0.717) is 12.2 Å². The lowest BCUT2D eigenvalue weighted by atomic mass is 10.1. The Balaban J connectivity index is 0.000000249. The van der Waals surface area contributed by atoms with Gasteiger partial charge in [-0.05, 0) is 115 Å². The summed E-state index contributed by atoms with van der Waals surface area (Å²) in [4.78, 5) is 54.4. The molecule has 304 valence electrons. The number of amides is 2. The Kier molecular flexibility index (Phi) is 13.9. The largest absolute Gasteiger partial charge is 0.466 e. The summed E-state index contributed by atoms with van der Waals surface area (Å²) in [6, 6.07) is 24.1. The summed E-state index contributed by atoms with van der Waals surface area (Å²) in [6.45, 7) is 14.8. The fourth-order valence-corrected chi connectivity index (χ4v) is 8.51. The van der Waals surface area contributed by atoms with E-state index in [1.165, 1.54) is 23.1 Å². The molecule has 2 aliphatic heterocycles. The van der Waals surface area contributed by atoms with Crippen molar-refractivity contribution in [1.82, 2.24) is 0 Å². The smallest absolute Gasteiger partial charge is 0.419 e. The minimum Gasteiger partial charge on any atom is -0.466 e. The van der Waals surface area contributed by atoms with E-state index in [1.54, 1.807) is 75.5 Å². The van der Waals surface area contributed by atoms with Crippen molar-refractivity contribution in [3.63, 3.8) is 0 Å². The van der Waals surface area contributed by atoms with Gasteiger partial charge in [0.15, 0.2) is 0 Å². The van der Waals surface area contributed by atoms with Crippen LogP contribution in [0.3, 0.4) is 0 Å². The highest BCUT2D eigenvalue weighted by Crippen LogP contribution is 2.49. The van der Waals surface area contributed by atoms with Crippen LogP contribution >= 0.6 is 11.8 Å². The maximum Gasteiger partial charge on any atom is 0.419 e. The number of benzene rings is 4. The quantitative estimate of drug-likeness (QED) is 0.135. The molecule has 2 amide bonds. The standard InChI is InChI=1S/C21H23NO6S.C21H23NO4S.CH4/c1-5-27-19(23)13-14-10-11-18-16(12-14)22(20(24)28-21(2,3)4)15-8-6-7-9-17(15)29(18,25)26;1-5-25-19(23)13-14-10-11-18-16(12-14)22(20(24)26-21(2,3)4)15-8-6-7-9-17(15)27-18;/h6-12H,5,13H2,1-4H3;6-12H,5,13H2,1-4H3;1H4. The SMILES string of the molecule is C.CCOC(=O)Cc1ccc2c(c1)N(C(=O)OC(C)(C)C)c1ccccc1S2.CCOC(=O)Cc1ccc2c(c1)N(C(=O)OC(C)(C)C)c1ccccc1S2(=O)=O. The van der Waals surface area contributed by atoms with E-state index >= 15 is 0 Å². The Labute approximate surface area is 339 Å². The van der Waals surface area contributed by atoms with Crippen molar-refractivity contribution in [2.24, 2.45) is 0 Å². The summed E-state index contributed by atoms with van der Waals surface area (Å²) in [7, 11) is -3.83. The van der Waals surface area contributed by atoms with Crippen LogP contribution in [0.1, 0.15) is 73.9 Å². The van der Waals surface area contributed by atoms with E-state index in [1.807, 2.05) is 63.2 Å². The van der Waals surface area contributed by atoms with Crippen LogP contribution in [0.5, 0.6) is 0 Å². The maximum atomic E-state index is 13.1. The molecule has 0 aliphatic carbocycles. The molecule has 12 nitrogen and oxygen atoms in total. The van der Waals surface area contributed by atoms with Crippen LogP contribution in [0.2, 0.25) is 0 Å². The lowest BCUT2D eigenvalue weighted by Crippen LogP contribution is -2.37. The molecule has 0 spiro atoms. The van der Waals surface area contributed by atoms with Gasteiger partial charge in [-0.25, -0.2) is 27.8 Å². The summed E-state index contributed by atoms with van der Waals surface area (Å²) in [5, 5.41) is 0. The van der Waals surface area contributed by atoms with Crippen molar-refractivity contribution < 1.29 is 46.5 Å². The van der Waals surface area contributed by atoms with Crippen molar-refractivity contribution in [2.75, 3.05) is 23.0 Å². The van der Waals surface area contributed by atoms with Gasteiger partial charge in [0.25, 0.3) is 0 Å². The third-order valence-electron chi connectivity index (χ3n) is 8.00. The Morgan fingerprint density at radius 2 is 1.02 bits per heavy atom. The zero-order valence-electron chi connectivity index (χ0n) is 32.7. The van der Waals surface area contributed by atoms with Crippen molar-refractivity contribution in [3.05, 3.63) is 96.1 Å². The highest BCUT2D eigenvalue weighted by atomic mass is 32.2. The second-order valence-corrected chi connectivity index (χ2v) is 17.7. The number of ether oxygens (including phenoxy) is 4. The van der Waals surface area contributed by atoms with Crippen LogP contribution in [-0.2, 0) is 51.2 Å². The third kappa shape index (κ3) is 10.5. The van der Waals surface area contributed by atoms with E-state index in [-0.39, 0.29) is 54.0 Å². The molecule has 6 rings (SSSR count). The number of nitrogens with zero attached hydrogens (tertiary/aromatic N) is 2. The molecule has 4 aromatic rings. The van der Waals surface area contributed by atoms with E-state index in [0.717, 1.165) is 26.7 Å². The molecule has 0 bridgehead atoms. The summed E-state index contributed by atoms with van der Waals surface area (Å²) in [5.41, 5.74) is 1.80. The summed E-state index contributed by atoms with van der Waals surface area (Å²) in [5.74, 6) is -0.722. The average molecular weight is 819 g/mol. The van der Waals surface area contributed by atoms with Gasteiger partial charge < -0.3 is 18.9 Å². The highest BCUT2D eigenvalue weighted by Gasteiger charge is 2.39. The lowest BCUT2D eigenvalue weighted by molar-refractivity contribution is -0.143. The molecule has 0 aromatic heterocycles. The Morgan fingerprint density at radius 3 is 1.56 bits per heavy atom. The van der Waals surface area contributed by atoms with E-state index < -0.39 is 39.2 Å². The van der Waals surface area contributed by atoms with Gasteiger partial charge in [-0.1, -0.05) is 55.6 Å². The van der Waals surface area contributed by atoms with Crippen molar-refractivity contribution in [1.29, 1.82) is 0 Å². The van der Waals surface area contributed by atoms with Crippen molar-refractivity contribution in [2.45, 2.75) is 106 Å². The van der Waals surface area contributed by atoms with Crippen LogP contribution in [0.15, 0.2) is 105 Å². The third-order valence-corrected chi connectivity index (χ3v) is 11.0. The predicted octanol–water partition coefficient (Wildman–Crippen LogP) is 9.98. The normalized spacial score (nSPS) is 13.5. The zero-order valence-corrected chi connectivity index (χ0v) is 34.3. The van der Waals surface area contributed by atoms with Gasteiger partial charge in [0.05, 0.1) is 58.6 Å². The second-order valence-electron chi connectivity index (χ2n) is 14.7. The fourth-order valence-electron chi connectivity index (χ4n) is 5.87. The monoisotopic (exact) mass is 818 g/mol. The number of anilines is 4. The molecule has 0 N–H and O–H groups in total. The molecular formula is C43H50N2O10S2. The minimum atomic E-state index is -3.83. The molecule has 4 aromatic carbocycles. The Hall–Kier alpha value is -5.34. The van der Waals surface area contributed by atoms with Crippen LogP contribution in [-0.4, -0.2) is 57.0 Å². The van der Waals surface area contributed by atoms with Crippen molar-refractivity contribution in [3.8, 4) is 0 Å². The number of fused-ring (bicyclic) bond motifs is 4. The van der Waals surface area contributed by atoms with Gasteiger partial charge in [-0.2, -0.15) is 0 Å². The second kappa shape index (κ2) is 17.9. The van der Waals surface area contributed by atoms with E-state index in [2.05, 4.69) is 0 Å². The van der Waals surface area contributed by atoms with Gasteiger partial charge in [-0.15, -0.1) is 0 Å². The predicted molar refractivity (Wildman–Crippen MR) is 219 cm³/mol. The Morgan fingerprint density at radius 1 is 0.579 bits per heavy atom. The number of carbonyl (C=O) groups excluding carboxylic acids is 4. The van der Waals surface area contributed by atoms with Gasteiger partial charge in [0.1, 0.15) is 11.2 Å². The van der Waals surface area contributed by atoms with Gasteiger partial charge in [0.2, 0.25) is 9.84 Å². The van der Waals surface area contributed by atoms with Gasteiger partial charge >= 0.3 is 24.1 Å². The number of hydrogen-bond acceptors (Lipinski definition) is 11. The number of carbonyl (C=O) groups is 4. The van der Waals surface area contributed by atoms with Gasteiger partial charge in [-0.3, -0.25) is 9.59 Å². The first-order valence-electron chi connectivity index (χ1n) is 18.1. The number of para-hydroxylation sites is 2. The first kappa shape index (κ1) is 44.4. The van der Waals surface area contributed by atoms with Crippen LogP contribution in [0.25, 0.3) is 0 Å². The molecule has 0 saturated heterocycles. The van der Waals surface area contributed by atoms with Crippen LogP contribution < -0.4 is 9.80 Å². The maximum absolute atomic E-state index is 13.1. The lowest BCUT2D eigenvalue weighted by Gasteiger charge is -2.33. The Bertz CT molecular complexity index is 2260. The zero-order chi connectivity index (χ0) is 41.0. The average Bonchev–Trinajstić information content (AvgIpc) is 3.09. The minimum absolute atomic E-state index is 0. The number of esters is 2. The molecule has 0 radical (unpaired) electrons. The summed E-state index contributed by atoms with van der Waals surface area (Å²) < 4.78 is 47.4. The van der Waals surface area contributed by atoms with Crippen LogP contribution in [0, 0.1) is 0 Å². The molecule has 2 heterocycles. The van der Waals surface area contributed by atoms with E-state index in [4.69, 9.17) is 18.9 Å². The molecule has 0 unspecified atom stereocenters. The summed E-state index contributed by atoms with van der Waals surface area (Å²) >= 11 is 1.59. The topological polar surface area (TPSA) is 146 Å². The summed E-state index contributed by atoms with van der Waals surface area (Å²) in [6.07, 6.45) is -1.01. The first-order valence-corrected chi connectivity index (χ1v) is 20.4. The first-order chi connectivity index (χ1) is 26.3. The number of rotatable bonds is 6. The molecule has 2 aliphatic rings. The molecule has 57 heavy (non-hydrogen) atoms. The van der Waals surface area contributed by atoms with Crippen molar-refractivity contribution >= 4 is 68.5 Å². The number of hydrogen-bond donors (Lipinski definition) is 0.